The van der Waals surface area contributed by atoms with E-state index in [-0.39, 0.29) is 0 Å². The van der Waals surface area contributed by atoms with E-state index in [9.17, 15) is 0 Å². The summed E-state index contributed by atoms with van der Waals surface area (Å²) in [6.07, 6.45) is 7.82. The maximum atomic E-state index is 4.71. The zero-order valence-corrected chi connectivity index (χ0v) is 11.7. The lowest BCUT2D eigenvalue weighted by Gasteiger charge is -2.44. The van der Waals surface area contributed by atoms with Gasteiger partial charge in [0.25, 0.3) is 0 Å². The number of anilines is 1. The number of hydrogen-bond donors (Lipinski definition) is 1. The highest BCUT2D eigenvalue weighted by Crippen LogP contribution is 2.23. The van der Waals surface area contributed by atoms with Gasteiger partial charge < -0.3 is 10.2 Å². The van der Waals surface area contributed by atoms with Gasteiger partial charge in [-0.1, -0.05) is 6.42 Å². The number of piperazine rings is 1. The van der Waals surface area contributed by atoms with E-state index in [0.717, 1.165) is 37.2 Å². The Morgan fingerprint density at radius 3 is 3.11 bits per heavy atom. The van der Waals surface area contributed by atoms with Crippen LogP contribution in [0.3, 0.4) is 0 Å². The number of aromatic nitrogens is 2. The van der Waals surface area contributed by atoms with Crippen LogP contribution in [0, 0.1) is 0 Å². The highest BCUT2D eigenvalue weighted by atomic mass is 15.3. The average Bonchev–Trinajstić information content (AvgIpc) is 2.47. The second-order valence-electron chi connectivity index (χ2n) is 5.53. The van der Waals surface area contributed by atoms with Gasteiger partial charge in [0.05, 0.1) is 11.9 Å². The first-order valence-corrected chi connectivity index (χ1v) is 7.31. The van der Waals surface area contributed by atoms with Gasteiger partial charge in [-0.05, 0) is 26.4 Å². The molecule has 5 nitrogen and oxygen atoms in total. The summed E-state index contributed by atoms with van der Waals surface area (Å²) in [6, 6.07) is 0.720. The Morgan fingerprint density at radius 2 is 2.21 bits per heavy atom. The van der Waals surface area contributed by atoms with E-state index in [1.165, 1.54) is 32.4 Å². The second kappa shape index (κ2) is 5.84. The van der Waals surface area contributed by atoms with E-state index in [1.807, 2.05) is 19.4 Å². The molecule has 2 fully saturated rings. The van der Waals surface area contributed by atoms with Crippen molar-refractivity contribution in [3.8, 4) is 0 Å². The predicted molar refractivity (Wildman–Crippen MR) is 76.2 cm³/mol. The Morgan fingerprint density at radius 1 is 1.26 bits per heavy atom. The normalized spacial score (nSPS) is 24.3. The number of rotatable bonds is 3. The zero-order chi connectivity index (χ0) is 13.1. The monoisotopic (exact) mass is 261 g/mol. The van der Waals surface area contributed by atoms with Gasteiger partial charge in [-0.25, -0.2) is 4.98 Å². The summed E-state index contributed by atoms with van der Waals surface area (Å²) in [5, 5.41) is 3.13. The minimum absolute atomic E-state index is 0.720. The van der Waals surface area contributed by atoms with Crippen molar-refractivity contribution in [3.05, 3.63) is 18.1 Å². The van der Waals surface area contributed by atoms with Gasteiger partial charge in [-0.3, -0.25) is 9.88 Å². The van der Waals surface area contributed by atoms with Crippen LogP contribution < -0.4 is 10.2 Å². The first-order valence-electron chi connectivity index (χ1n) is 7.31. The first-order chi connectivity index (χ1) is 9.36. The molecule has 2 saturated heterocycles. The second-order valence-corrected chi connectivity index (χ2v) is 5.53. The highest BCUT2D eigenvalue weighted by molar-refractivity contribution is 5.37. The molecule has 0 amide bonds. The molecular weight excluding hydrogens is 238 g/mol. The summed E-state index contributed by atoms with van der Waals surface area (Å²) in [7, 11) is 1.94. The molecule has 104 valence electrons. The van der Waals surface area contributed by atoms with Crippen LogP contribution in [-0.2, 0) is 6.54 Å². The quantitative estimate of drug-likeness (QED) is 0.875. The molecule has 19 heavy (non-hydrogen) atoms. The molecule has 2 aliphatic heterocycles. The molecule has 3 heterocycles. The Labute approximate surface area is 115 Å². The summed E-state index contributed by atoms with van der Waals surface area (Å²) in [5.74, 6) is 1.04. The molecule has 1 aromatic rings. The van der Waals surface area contributed by atoms with Crippen LogP contribution in [-0.4, -0.2) is 54.1 Å². The molecule has 1 atom stereocenters. The van der Waals surface area contributed by atoms with Crippen molar-refractivity contribution < 1.29 is 0 Å². The van der Waals surface area contributed by atoms with Gasteiger partial charge in [0.1, 0.15) is 5.82 Å². The minimum atomic E-state index is 0.720. The van der Waals surface area contributed by atoms with Gasteiger partial charge in [0, 0.05) is 38.4 Å². The van der Waals surface area contributed by atoms with Crippen LogP contribution in [0.2, 0.25) is 0 Å². The molecule has 5 heteroatoms. The van der Waals surface area contributed by atoms with Crippen molar-refractivity contribution in [2.75, 3.05) is 38.1 Å². The van der Waals surface area contributed by atoms with E-state index in [0.29, 0.717) is 0 Å². The third kappa shape index (κ3) is 2.87. The fourth-order valence-corrected chi connectivity index (χ4v) is 3.18. The first kappa shape index (κ1) is 12.8. The van der Waals surface area contributed by atoms with Crippen LogP contribution in [0.5, 0.6) is 0 Å². The number of hydrogen-bond acceptors (Lipinski definition) is 5. The van der Waals surface area contributed by atoms with Crippen molar-refractivity contribution in [1.29, 1.82) is 0 Å². The van der Waals surface area contributed by atoms with E-state index in [2.05, 4.69) is 20.1 Å². The van der Waals surface area contributed by atoms with Gasteiger partial charge in [-0.15, -0.1) is 0 Å². The lowest BCUT2D eigenvalue weighted by molar-refractivity contribution is 0.133. The molecular formula is C14H23N5. The van der Waals surface area contributed by atoms with Crippen molar-refractivity contribution >= 4 is 5.82 Å². The van der Waals surface area contributed by atoms with E-state index < -0.39 is 0 Å². The third-order valence-corrected chi connectivity index (χ3v) is 4.19. The molecule has 2 aliphatic rings. The number of nitrogens with zero attached hydrogens (tertiary/aromatic N) is 4. The van der Waals surface area contributed by atoms with Crippen LogP contribution in [0.15, 0.2) is 12.4 Å². The van der Waals surface area contributed by atoms with E-state index >= 15 is 0 Å². The number of nitrogens with one attached hydrogen (secondary N) is 1. The Balaban J connectivity index is 1.70. The summed E-state index contributed by atoms with van der Waals surface area (Å²) in [4.78, 5) is 14.1. The van der Waals surface area contributed by atoms with E-state index in [1.54, 1.807) is 0 Å². The molecule has 1 unspecified atom stereocenters. The lowest BCUT2D eigenvalue weighted by Crippen LogP contribution is -2.55. The molecule has 0 aromatic carbocycles. The fraction of sp³-hybridized carbons (Fsp3) is 0.714. The Hall–Kier alpha value is -1.20. The summed E-state index contributed by atoms with van der Waals surface area (Å²) in [6.45, 7) is 5.42. The van der Waals surface area contributed by atoms with Crippen molar-refractivity contribution in [2.45, 2.75) is 31.8 Å². The molecule has 0 bridgehead atoms. The lowest BCUT2D eigenvalue weighted by atomic mass is 9.99. The average molecular weight is 261 g/mol. The summed E-state index contributed by atoms with van der Waals surface area (Å²) in [5.41, 5.74) is 1.02. The summed E-state index contributed by atoms with van der Waals surface area (Å²) < 4.78 is 0. The number of fused-ring (bicyclic) bond motifs is 1. The third-order valence-electron chi connectivity index (χ3n) is 4.19. The highest BCUT2D eigenvalue weighted by Gasteiger charge is 2.29. The van der Waals surface area contributed by atoms with Crippen molar-refractivity contribution in [3.63, 3.8) is 0 Å². The maximum absolute atomic E-state index is 4.71. The van der Waals surface area contributed by atoms with Crippen LogP contribution in [0.1, 0.15) is 25.0 Å². The van der Waals surface area contributed by atoms with Gasteiger partial charge in [0.15, 0.2) is 0 Å². The molecule has 0 saturated carbocycles. The summed E-state index contributed by atoms with van der Waals surface area (Å²) >= 11 is 0. The van der Waals surface area contributed by atoms with Gasteiger partial charge in [-0.2, -0.15) is 0 Å². The fourth-order valence-electron chi connectivity index (χ4n) is 3.18. The van der Waals surface area contributed by atoms with Crippen LogP contribution in [0.25, 0.3) is 0 Å². The Kier molecular flexibility index (Phi) is 3.94. The zero-order valence-electron chi connectivity index (χ0n) is 11.7. The SMILES string of the molecule is CNCc1cncc(N2CCN3CCCCC3C2)n1. The van der Waals surface area contributed by atoms with Crippen molar-refractivity contribution in [2.24, 2.45) is 0 Å². The molecule has 0 radical (unpaired) electrons. The minimum Gasteiger partial charge on any atom is -0.352 e. The van der Waals surface area contributed by atoms with Crippen LogP contribution >= 0.6 is 0 Å². The number of piperidine rings is 1. The molecule has 1 N–H and O–H groups in total. The molecule has 0 spiro atoms. The standard InChI is InChI=1S/C14H23N5/c1-15-8-12-9-16-10-14(17-12)19-7-6-18-5-3-2-4-13(18)11-19/h9-10,13,15H,2-8,11H2,1H3. The predicted octanol–water partition coefficient (Wildman–Crippen LogP) is 0.870. The van der Waals surface area contributed by atoms with Crippen LogP contribution in [0.4, 0.5) is 5.82 Å². The topological polar surface area (TPSA) is 44.3 Å². The van der Waals surface area contributed by atoms with Gasteiger partial charge in [0.2, 0.25) is 0 Å². The molecule has 3 rings (SSSR count). The van der Waals surface area contributed by atoms with E-state index in [4.69, 9.17) is 4.98 Å². The molecule has 0 aliphatic carbocycles. The largest absolute Gasteiger partial charge is 0.352 e. The smallest absolute Gasteiger partial charge is 0.147 e. The Bertz CT molecular complexity index is 422. The van der Waals surface area contributed by atoms with Gasteiger partial charge >= 0.3 is 0 Å². The molecule has 1 aromatic heterocycles. The maximum Gasteiger partial charge on any atom is 0.147 e. The van der Waals surface area contributed by atoms with Crippen molar-refractivity contribution in [1.82, 2.24) is 20.2 Å².